The van der Waals surface area contributed by atoms with Gasteiger partial charge >= 0.3 is 5.97 Å². The number of imide groups is 1. The third kappa shape index (κ3) is 4.45. The Kier molecular flexibility index (Phi) is 7.07. The lowest BCUT2D eigenvalue weighted by Gasteiger charge is -2.41. The number of ether oxygens (including phenoxy) is 2. The number of carbonyl (C=O) groups excluding carboxylic acids is 4. The first-order chi connectivity index (χ1) is 21.0. The lowest BCUT2D eigenvalue weighted by atomic mass is 9.60. The second kappa shape index (κ2) is 10.8. The van der Waals surface area contributed by atoms with Crippen molar-refractivity contribution in [3.63, 3.8) is 0 Å². The van der Waals surface area contributed by atoms with Crippen molar-refractivity contribution in [3.8, 4) is 17.2 Å². The number of ketones is 2. The fourth-order valence-electron chi connectivity index (χ4n) is 6.89. The van der Waals surface area contributed by atoms with E-state index in [0.717, 1.165) is 10.5 Å². The molecule has 0 aromatic heterocycles. The van der Waals surface area contributed by atoms with Crippen LogP contribution in [0.5, 0.6) is 17.2 Å². The summed E-state index contributed by atoms with van der Waals surface area (Å²) in [4.78, 5) is 67.1. The average Bonchev–Trinajstić information content (AvgIpc) is 3.27. The highest BCUT2D eigenvalue weighted by molar-refractivity contribution is 6.25. The monoisotopic (exact) mass is 595 g/mol. The van der Waals surface area contributed by atoms with E-state index in [-0.39, 0.29) is 52.9 Å². The molecule has 3 aliphatic carbocycles. The molecule has 2 aromatic rings. The van der Waals surface area contributed by atoms with Gasteiger partial charge < -0.3 is 19.7 Å². The lowest BCUT2D eigenvalue weighted by Crippen LogP contribution is -2.40. The molecule has 4 atom stereocenters. The van der Waals surface area contributed by atoms with Crippen molar-refractivity contribution in [1.29, 1.82) is 0 Å². The topological polar surface area (TPSA) is 148 Å². The minimum absolute atomic E-state index is 0.0505. The Labute approximate surface area is 252 Å². The van der Waals surface area contributed by atoms with E-state index < -0.39 is 41.5 Å². The van der Waals surface area contributed by atoms with Crippen LogP contribution in [-0.4, -0.2) is 53.8 Å². The quantitative estimate of drug-likeness (QED) is 0.284. The average molecular weight is 596 g/mol. The first-order valence-corrected chi connectivity index (χ1v) is 14.1. The van der Waals surface area contributed by atoms with Crippen LogP contribution in [-0.2, 0) is 19.2 Å². The zero-order chi connectivity index (χ0) is 31.4. The molecule has 4 aliphatic rings. The summed E-state index contributed by atoms with van der Waals surface area (Å²) in [6.45, 7) is 1.60. The molecule has 10 heteroatoms. The van der Waals surface area contributed by atoms with Crippen LogP contribution >= 0.6 is 0 Å². The number of phenolic OH excluding ortho intramolecular Hbond substituents is 1. The highest BCUT2D eigenvalue weighted by atomic mass is 16.5. The van der Waals surface area contributed by atoms with Crippen LogP contribution in [0.3, 0.4) is 0 Å². The molecule has 1 fully saturated rings. The van der Waals surface area contributed by atoms with Crippen molar-refractivity contribution >= 4 is 41.1 Å². The normalized spacial score (nSPS) is 24.6. The highest BCUT2D eigenvalue weighted by Crippen LogP contribution is 2.53. The number of rotatable bonds is 6. The number of anilines is 1. The molecular formula is C34H29NO9. The van der Waals surface area contributed by atoms with E-state index in [9.17, 15) is 34.2 Å². The molecule has 2 amide bonds. The lowest BCUT2D eigenvalue weighted by molar-refractivity contribution is -0.123. The van der Waals surface area contributed by atoms with Gasteiger partial charge in [-0.05, 0) is 67.7 Å². The Morgan fingerprint density at radius 1 is 1.00 bits per heavy atom. The summed E-state index contributed by atoms with van der Waals surface area (Å²) in [5.74, 6) is -5.04. The molecule has 1 heterocycles. The van der Waals surface area contributed by atoms with Gasteiger partial charge in [-0.25, -0.2) is 4.79 Å². The van der Waals surface area contributed by atoms with Gasteiger partial charge in [0.05, 0.1) is 37.3 Å². The van der Waals surface area contributed by atoms with Crippen LogP contribution in [0, 0.1) is 23.7 Å². The molecule has 0 radical (unpaired) electrons. The number of carbonyl (C=O) groups is 5. The fourth-order valence-corrected chi connectivity index (χ4v) is 6.89. The number of hydrogen-bond donors (Lipinski definition) is 2. The Bertz CT molecular complexity index is 1770. The van der Waals surface area contributed by atoms with Gasteiger partial charge in [-0.3, -0.25) is 24.1 Å². The molecule has 1 saturated heterocycles. The molecule has 1 aliphatic heterocycles. The predicted molar refractivity (Wildman–Crippen MR) is 158 cm³/mol. The summed E-state index contributed by atoms with van der Waals surface area (Å²) in [6.07, 6.45) is 7.13. The summed E-state index contributed by atoms with van der Waals surface area (Å²) < 4.78 is 10.6. The van der Waals surface area contributed by atoms with Gasteiger partial charge in [-0.1, -0.05) is 29.9 Å². The summed E-state index contributed by atoms with van der Waals surface area (Å²) in [7, 11) is 2.83. The number of carboxylic acids is 1. The summed E-state index contributed by atoms with van der Waals surface area (Å²) >= 11 is 0. The van der Waals surface area contributed by atoms with Crippen molar-refractivity contribution < 1.29 is 43.7 Å². The minimum Gasteiger partial charge on any atom is -0.502 e. The Morgan fingerprint density at radius 2 is 1.70 bits per heavy atom. The third-order valence-electron chi connectivity index (χ3n) is 8.95. The predicted octanol–water partition coefficient (Wildman–Crippen LogP) is 4.29. The van der Waals surface area contributed by atoms with Gasteiger partial charge in [-0.15, -0.1) is 0 Å². The van der Waals surface area contributed by atoms with Gasteiger partial charge in [0.15, 0.2) is 23.1 Å². The van der Waals surface area contributed by atoms with Gasteiger partial charge in [0.1, 0.15) is 0 Å². The number of carboxylic acid groups (broad SMARTS) is 1. The third-order valence-corrected chi connectivity index (χ3v) is 8.95. The van der Waals surface area contributed by atoms with Gasteiger partial charge in [0.2, 0.25) is 17.6 Å². The maximum atomic E-state index is 14.0. The second-order valence-electron chi connectivity index (χ2n) is 11.3. The number of aromatic hydroxyl groups is 1. The highest BCUT2D eigenvalue weighted by Gasteiger charge is 2.56. The van der Waals surface area contributed by atoms with E-state index in [1.165, 1.54) is 44.6 Å². The number of allylic oxidation sites excluding steroid dienone is 7. The number of benzene rings is 2. The smallest absolute Gasteiger partial charge is 0.335 e. The van der Waals surface area contributed by atoms with Gasteiger partial charge in [-0.2, -0.15) is 0 Å². The van der Waals surface area contributed by atoms with Crippen LogP contribution in [0.15, 0.2) is 76.9 Å². The molecule has 6 rings (SSSR count). The number of hydrogen-bond acceptors (Lipinski definition) is 8. The number of phenols is 1. The first-order valence-electron chi connectivity index (χ1n) is 14.1. The van der Waals surface area contributed by atoms with E-state index in [2.05, 4.69) is 0 Å². The SMILES string of the molecule is COc1cc(C=C[C@H]2C3=CC[C@@H]4C(=O)N(c5cccc(C(=O)O)c5)C(=O)[C@@H]4[C@@H]3CC3=C2C(=O)C(C)=CC3=O)cc(OC)c1O. The maximum Gasteiger partial charge on any atom is 0.335 e. The minimum atomic E-state index is -1.18. The molecule has 224 valence electrons. The Morgan fingerprint density at radius 3 is 2.36 bits per heavy atom. The van der Waals surface area contributed by atoms with Gasteiger partial charge in [0.25, 0.3) is 0 Å². The molecule has 0 bridgehead atoms. The van der Waals surface area contributed by atoms with E-state index >= 15 is 0 Å². The number of aromatic carboxylic acids is 1. The molecule has 2 N–H and O–H groups in total. The van der Waals surface area contributed by atoms with Crippen molar-refractivity contribution in [2.24, 2.45) is 23.7 Å². The molecule has 44 heavy (non-hydrogen) atoms. The molecule has 2 aromatic carbocycles. The Balaban J connectivity index is 1.43. The van der Waals surface area contributed by atoms with Crippen LogP contribution in [0.1, 0.15) is 35.7 Å². The van der Waals surface area contributed by atoms with Crippen molar-refractivity contribution in [3.05, 3.63) is 88.0 Å². The van der Waals surface area contributed by atoms with Crippen LogP contribution in [0.4, 0.5) is 5.69 Å². The molecular weight excluding hydrogens is 566 g/mol. The summed E-state index contributed by atoms with van der Waals surface area (Å²) in [6, 6.07) is 8.91. The van der Waals surface area contributed by atoms with Gasteiger partial charge in [0, 0.05) is 22.6 Å². The standard InChI is InChI=1S/C34H29NO9/c1-16-11-25(36)24-15-23-20(21(28(24)30(16)37)8-7-17-12-26(43-2)31(38)27(13-17)44-3)9-10-22-29(23)33(40)35(32(22)39)19-6-4-5-18(14-19)34(41)42/h4-9,11-14,21-23,29,38H,10,15H2,1-3H3,(H,41,42)/t21-,22-,23+,29-/m0/s1. The van der Waals surface area contributed by atoms with Crippen LogP contribution in [0.25, 0.3) is 6.08 Å². The number of fused-ring (bicyclic) bond motifs is 3. The zero-order valence-corrected chi connectivity index (χ0v) is 24.2. The zero-order valence-electron chi connectivity index (χ0n) is 24.2. The first kappa shape index (κ1) is 28.9. The summed E-state index contributed by atoms with van der Waals surface area (Å²) in [5, 5.41) is 19.8. The fraction of sp³-hybridized carbons (Fsp3) is 0.265. The second-order valence-corrected chi connectivity index (χ2v) is 11.3. The van der Waals surface area contributed by atoms with Crippen LogP contribution < -0.4 is 14.4 Å². The number of methoxy groups -OCH3 is 2. The van der Waals surface area contributed by atoms with Crippen molar-refractivity contribution in [2.75, 3.05) is 19.1 Å². The van der Waals surface area contributed by atoms with Crippen LogP contribution in [0.2, 0.25) is 0 Å². The number of amides is 2. The largest absolute Gasteiger partial charge is 0.502 e. The molecule has 0 spiro atoms. The molecule has 0 unspecified atom stereocenters. The van der Waals surface area contributed by atoms with E-state index in [1.807, 2.05) is 6.08 Å². The van der Waals surface area contributed by atoms with Crippen molar-refractivity contribution in [2.45, 2.75) is 19.8 Å². The summed E-state index contributed by atoms with van der Waals surface area (Å²) in [5.41, 5.74) is 2.51. The Hall–Kier alpha value is -5.25. The maximum absolute atomic E-state index is 14.0. The van der Waals surface area contributed by atoms with E-state index in [0.29, 0.717) is 22.3 Å². The molecule has 10 nitrogen and oxygen atoms in total. The molecule has 0 saturated carbocycles. The van der Waals surface area contributed by atoms with Crippen molar-refractivity contribution in [1.82, 2.24) is 0 Å². The number of nitrogens with zero attached hydrogens (tertiary/aromatic N) is 1. The number of Topliss-reactive ketones (excluding diaryl/α,β-unsaturated/α-hetero) is 1. The van der Waals surface area contributed by atoms with E-state index in [4.69, 9.17) is 9.47 Å². The van der Waals surface area contributed by atoms with E-state index in [1.54, 1.807) is 31.2 Å².